The second-order valence-corrected chi connectivity index (χ2v) is 14.6. The highest BCUT2D eigenvalue weighted by atomic mass is 16.5. The van der Waals surface area contributed by atoms with E-state index in [2.05, 4.69) is 29.6 Å². The van der Waals surface area contributed by atoms with E-state index in [1.165, 1.54) is 5.56 Å². The number of benzene rings is 4. The lowest BCUT2D eigenvalue weighted by Gasteiger charge is -2.19. The van der Waals surface area contributed by atoms with Gasteiger partial charge in [-0.1, -0.05) is 36.4 Å². The fourth-order valence-electron chi connectivity index (χ4n) is 7.73. The van der Waals surface area contributed by atoms with Crippen molar-refractivity contribution in [3.05, 3.63) is 113 Å². The summed E-state index contributed by atoms with van der Waals surface area (Å²) in [5, 5.41) is 3.17. The molecule has 0 saturated heterocycles. The van der Waals surface area contributed by atoms with E-state index in [4.69, 9.17) is 33.7 Å². The summed E-state index contributed by atoms with van der Waals surface area (Å²) in [6, 6.07) is 22.9. The minimum absolute atomic E-state index is 0.120. The van der Waals surface area contributed by atoms with Gasteiger partial charge in [0.25, 0.3) is 11.8 Å². The van der Waals surface area contributed by atoms with Crippen molar-refractivity contribution in [3.63, 3.8) is 0 Å². The summed E-state index contributed by atoms with van der Waals surface area (Å²) in [5.41, 5.74) is 7.56. The van der Waals surface area contributed by atoms with Crippen molar-refractivity contribution in [2.45, 2.75) is 50.7 Å². The van der Waals surface area contributed by atoms with Crippen molar-refractivity contribution >= 4 is 46.8 Å². The fourth-order valence-corrected chi connectivity index (χ4v) is 7.73. The molecule has 0 spiro atoms. The molecule has 8 rings (SSSR count). The van der Waals surface area contributed by atoms with E-state index in [1.807, 2.05) is 56.1 Å². The minimum Gasteiger partial charge on any atom is -0.497 e. The zero-order chi connectivity index (χ0) is 40.2. The normalized spacial score (nSPS) is 17.7. The molecule has 298 valence electrons. The van der Waals surface area contributed by atoms with Gasteiger partial charge in [0.05, 0.1) is 69.1 Å². The summed E-state index contributed by atoms with van der Waals surface area (Å²) in [6.45, 7) is 1.70. The Kier molecular flexibility index (Phi) is 11.3. The van der Waals surface area contributed by atoms with E-state index in [0.717, 1.165) is 53.8 Å². The first kappa shape index (κ1) is 38.5. The summed E-state index contributed by atoms with van der Waals surface area (Å²) in [6.07, 6.45) is 11.3. The van der Waals surface area contributed by atoms with Crippen LogP contribution in [-0.4, -0.2) is 87.7 Å². The number of rotatable bonds is 15. The molecule has 0 aliphatic carbocycles. The fraction of sp³-hybridized carbons (Fsp3) is 0.304. The van der Waals surface area contributed by atoms with E-state index in [9.17, 15) is 9.59 Å². The SMILES string of the molecule is CNCc1ccc(C2=CN3C(=O)c4cc(OC)c(OCCCCCOc5cc6c(cc5OC)C(=O)N5C=C(c7ccc(OC)cc7)C[C@H]5C=N6)cc4N=C[C@@H]3C2)cc1. The number of hydrogen-bond donors (Lipinski definition) is 1. The highest BCUT2D eigenvalue weighted by molar-refractivity contribution is 6.06. The molecule has 4 aromatic rings. The number of fused-ring (bicyclic) bond motifs is 4. The van der Waals surface area contributed by atoms with Gasteiger partial charge >= 0.3 is 0 Å². The zero-order valence-electron chi connectivity index (χ0n) is 33.2. The third kappa shape index (κ3) is 7.79. The third-order valence-electron chi connectivity index (χ3n) is 10.9. The highest BCUT2D eigenvalue weighted by Crippen LogP contribution is 2.42. The lowest BCUT2D eigenvalue weighted by atomic mass is 10.0. The van der Waals surface area contributed by atoms with Crippen LogP contribution in [0.5, 0.6) is 28.7 Å². The van der Waals surface area contributed by atoms with Crippen LogP contribution in [-0.2, 0) is 6.54 Å². The first-order valence-electron chi connectivity index (χ1n) is 19.6. The van der Waals surface area contributed by atoms with Crippen LogP contribution >= 0.6 is 0 Å². The average Bonchev–Trinajstić information content (AvgIpc) is 3.83. The van der Waals surface area contributed by atoms with E-state index in [-0.39, 0.29) is 23.9 Å². The number of carbonyl (C=O) groups excluding carboxylic acids is 2. The van der Waals surface area contributed by atoms with Gasteiger partial charge in [0.2, 0.25) is 0 Å². The van der Waals surface area contributed by atoms with Gasteiger partial charge in [-0.3, -0.25) is 19.6 Å². The molecular weight excluding hydrogens is 735 g/mol. The molecule has 0 aromatic heterocycles. The maximum absolute atomic E-state index is 13.8. The summed E-state index contributed by atoms with van der Waals surface area (Å²) in [4.78, 5) is 40.5. The van der Waals surface area contributed by atoms with E-state index in [0.29, 0.717) is 71.6 Å². The summed E-state index contributed by atoms with van der Waals surface area (Å²) < 4.78 is 28.9. The maximum Gasteiger partial charge on any atom is 0.260 e. The first-order chi connectivity index (χ1) is 28.4. The Labute approximate surface area is 338 Å². The maximum atomic E-state index is 13.8. The predicted molar refractivity (Wildman–Crippen MR) is 224 cm³/mol. The van der Waals surface area contributed by atoms with Gasteiger partial charge in [0, 0.05) is 56.3 Å². The molecule has 4 aliphatic rings. The molecule has 0 bridgehead atoms. The number of unbranched alkanes of at least 4 members (excludes halogenated alkanes) is 2. The monoisotopic (exact) mass is 781 g/mol. The number of nitrogens with one attached hydrogen (secondary N) is 1. The molecular formula is C46H47N5O7. The van der Waals surface area contributed by atoms with Gasteiger partial charge in [-0.25, -0.2) is 0 Å². The predicted octanol–water partition coefficient (Wildman–Crippen LogP) is 8.00. The molecule has 12 heteroatoms. The van der Waals surface area contributed by atoms with Gasteiger partial charge in [0.1, 0.15) is 5.75 Å². The van der Waals surface area contributed by atoms with Crippen LogP contribution in [0, 0.1) is 0 Å². The molecule has 12 nitrogen and oxygen atoms in total. The van der Waals surface area contributed by atoms with Crippen molar-refractivity contribution in [3.8, 4) is 28.7 Å². The molecule has 0 unspecified atom stereocenters. The van der Waals surface area contributed by atoms with Crippen molar-refractivity contribution in [1.29, 1.82) is 0 Å². The highest BCUT2D eigenvalue weighted by Gasteiger charge is 2.35. The molecule has 0 saturated carbocycles. The number of methoxy groups -OCH3 is 3. The number of aliphatic imine (C=N–C) groups is 2. The Morgan fingerprint density at radius 1 is 0.621 bits per heavy atom. The van der Waals surface area contributed by atoms with E-state index >= 15 is 0 Å². The molecule has 4 aliphatic heterocycles. The Morgan fingerprint density at radius 2 is 1.10 bits per heavy atom. The standard InChI is InChI=1S/C46H47N5O7/c1-47-24-29-8-10-30(11-9-29)32-18-34-25-48-39-22-43(41(55-3)20-37(39)45(52)50(34)27-32)57-16-6-5-7-17-58-44-23-40-38(21-42(44)56-4)46(53)51-28-33(19-35(51)26-49-40)31-12-14-36(54-2)15-13-31/h8-15,20-23,25-28,34-35,47H,5-7,16-19,24H2,1-4H3/t34-,35-/m0/s1. The van der Waals surface area contributed by atoms with Crippen LogP contribution in [0.2, 0.25) is 0 Å². The van der Waals surface area contributed by atoms with Crippen LogP contribution in [0.4, 0.5) is 11.4 Å². The van der Waals surface area contributed by atoms with Crippen LogP contribution < -0.4 is 29.0 Å². The van der Waals surface area contributed by atoms with Crippen LogP contribution in [0.3, 0.4) is 0 Å². The summed E-state index contributed by atoms with van der Waals surface area (Å²) >= 11 is 0. The average molecular weight is 782 g/mol. The summed E-state index contributed by atoms with van der Waals surface area (Å²) in [5.74, 6) is 2.57. The quantitative estimate of drug-likeness (QED) is 0.120. The first-order valence-corrected chi connectivity index (χ1v) is 19.6. The molecule has 4 aromatic carbocycles. The topological polar surface area (TPSA) is 124 Å². The number of hydrogen-bond acceptors (Lipinski definition) is 10. The van der Waals surface area contributed by atoms with Gasteiger partial charge in [-0.2, -0.15) is 0 Å². The van der Waals surface area contributed by atoms with E-state index < -0.39 is 0 Å². The van der Waals surface area contributed by atoms with Crippen molar-refractivity contribution < 1.29 is 33.3 Å². The number of amides is 2. The lowest BCUT2D eigenvalue weighted by molar-refractivity contribution is 0.0809. The smallest absolute Gasteiger partial charge is 0.260 e. The van der Waals surface area contributed by atoms with Crippen LogP contribution in [0.15, 0.2) is 95.2 Å². The molecule has 0 radical (unpaired) electrons. The van der Waals surface area contributed by atoms with Crippen LogP contribution in [0.1, 0.15) is 69.5 Å². The molecule has 1 N–H and O–H groups in total. The zero-order valence-corrected chi connectivity index (χ0v) is 33.2. The Bertz CT molecular complexity index is 2320. The third-order valence-corrected chi connectivity index (χ3v) is 10.9. The molecule has 2 atom stereocenters. The Hall–Kier alpha value is -6.40. The second kappa shape index (κ2) is 17.0. The van der Waals surface area contributed by atoms with Crippen molar-refractivity contribution in [2.75, 3.05) is 41.6 Å². The van der Waals surface area contributed by atoms with Gasteiger partial charge in [0.15, 0.2) is 23.0 Å². The number of ether oxygens (including phenoxy) is 5. The largest absolute Gasteiger partial charge is 0.497 e. The second-order valence-electron chi connectivity index (χ2n) is 14.6. The molecule has 4 heterocycles. The number of carbonyl (C=O) groups is 2. The molecule has 2 amide bonds. The number of nitrogens with zero attached hydrogens (tertiary/aromatic N) is 4. The Morgan fingerprint density at radius 3 is 1.55 bits per heavy atom. The molecule has 58 heavy (non-hydrogen) atoms. The van der Waals surface area contributed by atoms with Crippen LogP contribution in [0.25, 0.3) is 11.1 Å². The lowest BCUT2D eigenvalue weighted by Crippen LogP contribution is -2.32. The van der Waals surface area contributed by atoms with Crippen molar-refractivity contribution in [2.24, 2.45) is 9.98 Å². The van der Waals surface area contributed by atoms with Gasteiger partial charge in [-0.15, -0.1) is 0 Å². The molecule has 0 fully saturated rings. The van der Waals surface area contributed by atoms with Gasteiger partial charge in [-0.05, 0) is 78.4 Å². The minimum atomic E-state index is -0.183. The van der Waals surface area contributed by atoms with E-state index in [1.54, 1.807) is 55.4 Å². The Balaban J connectivity index is 0.843. The van der Waals surface area contributed by atoms with Gasteiger partial charge < -0.3 is 38.8 Å². The van der Waals surface area contributed by atoms with Crippen molar-refractivity contribution in [1.82, 2.24) is 15.1 Å². The summed E-state index contributed by atoms with van der Waals surface area (Å²) in [7, 11) is 6.71.